The minimum Gasteiger partial charge on any atom is -0.662 e. The van der Waals surface area contributed by atoms with Gasteiger partial charge in [0.15, 0.2) is 0 Å². The molecule has 0 aliphatic carbocycles. The Morgan fingerprint density at radius 1 is 0.981 bits per heavy atom. The molecule has 0 radical (unpaired) electrons. The zero-order valence-electron chi connectivity index (χ0n) is 30.2. The summed E-state index contributed by atoms with van der Waals surface area (Å²) in [5, 5.41) is 35.3. The molecule has 4 aromatic heterocycles. The molecule has 2 aliphatic rings. The second-order valence-electron chi connectivity index (χ2n) is 11.8. The molecule has 15 nitrogen and oxygen atoms in total. The largest absolute Gasteiger partial charge is 1.00 e. The molecule has 2 amide bonds. The Kier molecular flexibility index (Phi) is 22.5. The van der Waals surface area contributed by atoms with Crippen molar-refractivity contribution >= 4 is 91.2 Å². The quantitative estimate of drug-likeness (QED) is 0.0944. The van der Waals surface area contributed by atoms with Crippen molar-refractivity contribution in [3.63, 3.8) is 0 Å². The summed E-state index contributed by atoms with van der Waals surface area (Å²) in [6, 6.07) is 8.36. The summed E-state index contributed by atoms with van der Waals surface area (Å²) >= 11 is 8.92. The van der Waals surface area contributed by atoms with Crippen LogP contribution in [0.5, 0.6) is 0 Å². The van der Waals surface area contributed by atoms with Crippen LogP contribution in [0.1, 0.15) is 39.5 Å². The third-order valence-electron chi connectivity index (χ3n) is 8.74. The maximum atomic E-state index is 12.0. The number of nitriles is 2. The number of amides is 2. The molecule has 280 valence electrons. The van der Waals surface area contributed by atoms with E-state index < -0.39 is 0 Å². The van der Waals surface area contributed by atoms with E-state index in [1.54, 1.807) is 38.8 Å². The first-order chi connectivity index (χ1) is 24.6. The first kappa shape index (κ1) is 47.8. The molecule has 4 atom stereocenters. The molecule has 0 unspecified atom stereocenters. The molecule has 2 saturated heterocycles. The molecular weight excluding hydrogens is 774 g/mol. The number of anilines is 1. The van der Waals surface area contributed by atoms with Crippen molar-refractivity contribution in [2.75, 3.05) is 45.2 Å². The zero-order chi connectivity index (χ0) is 37.3. The van der Waals surface area contributed by atoms with Gasteiger partial charge in [-0.3, -0.25) is 14.4 Å². The molecule has 2 fully saturated rings. The summed E-state index contributed by atoms with van der Waals surface area (Å²) in [6.45, 7) is 7.10. The van der Waals surface area contributed by atoms with Crippen LogP contribution in [0.4, 0.5) is 5.82 Å². The van der Waals surface area contributed by atoms with Gasteiger partial charge in [-0.2, -0.15) is 10.5 Å². The second kappa shape index (κ2) is 25.0. The topological polar surface area (TPSA) is 204 Å². The van der Waals surface area contributed by atoms with Crippen LogP contribution >= 0.6 is 46.7 Å². The molecular formula is C33H41Cl2N10NaO5S2. The van der Waals surface area contributed by atoms with Gasteiger partial charge in [0.25, 0.3) is 6.47 Å². The summed E-state index contributed by atoms with van der Waals surface area (Å²) in [4.78, 5) is 59.0. The number of hydrogen-bond donors (Lipinski definition) is 1. The Morgan fingerprint density at radius 3 is 2.02 bits per heavy atom. The van der Waals surface area contributed by atoms with Crippen LogP contribution in [0.15, 0.2) is 35.5 Å². The van der Waals surface area contributed by atoms with Gasteiger partial charge in [-0.25, -0.2) is 19.9 Å². The Bertz CT molecular complexity index is 1820. The van der Waals surface area contributed by atoms with E-state index in [4.69, 9.17) is 32.2 Å². The maximum Gasteiger partial charge on any atom is 1.00 e. The summed E-state index contributed by atoms with van der Waals surface area (Å²) in [6.07, 6.45) is 4.97. The molecule has 4 aromatic rings. The van der Waals surface area contributed by atoms with E-state index in [0.717, 1.165) is 58.7 Å². The van der Waals surface area contributed by atoms with Gasteiger partial charge >= 0.3 is 29.6 Å². The van der Waals surface area contributed by atoms with Crippen molar-refractivity contribution in [3.05, 3.63) is 40.7 Å². The van der Waals surface area contributed by atoms with E-state index in [2.05, 4.69) is 48.9 Å². The molecule has 53 heavy (non-hydrogen) atoms. The molecule has 0 saturated carbocycles. The predicted octanol–water partition coefficient (Wildman–Crippen LogP) is 0.840. The van der Waals surface area contributed by atoms with E-state index in [1.807, 2.05) is 49.1 Å². The number of hydrogen-bond acceptors (Lipinski definition) is 15. The van der Waals surface area contributed by atoms with Crippen molar-refractivity contribution in [2.45, 2.75) is 51.6 Å². The van der Waals surface area contributed by atoms with Gasteiger partial charge in [0.05, 0.1) is 23.6 Å². The third kappa shape index (κ3) is 13.8. The van der Waals surface area contributed by atoms with Crippen LogP contribution in [0.3, 0.4) is 0 Å². The number of likely N-dealkylation sites (tertiary alicyclic amines) is 2. The van der Waals surface area contributed by atoms with Gasteiger partial charge in [-0.15, -0.1) is 35.1 Å². The first-order valence-corrected chi connectivity index (χ1v) is 18.2. The number of likely N-dealkylation sites (N-methyl/N-ethyl adjacent to an activating group) is 2. The first-order valence-electron chi connectivity index (χ1n) is 16.0. The van der Waals surface area contributed by atoms with Crippen LogP contribution in [-0.2, 0) is 19.3 Å². The minimum atomic E-state index is -0.181. The Balaban J connectivity index is 0.000000400. The van der Waals surface area contributed by atoms with Crippen LogP contribution in [0.25, 0.3) is 20.4 Å². The fourth-order valence-corrected chi connectivity index (χ4v) is 7.50. The molecule has 6 heterocycles. The normalized spacial score (nSPS) is 18.7. The Morgan fingerprint density at radius 2 is 1.49 bits per heavy atom. The van der Waals surface area contributed by atoms with Gasteiger partial charge in [-0.1, -0.05) is 25.4 Å². The number of nitrogens with zero attached hydrogens (tertiary/aromatic N) is 9. The van der Waals surface area contributed by atoms with Crippen LogP contribution in [0, 0.1) is 34.5 Å². The number of rotatable bonds is 6. The van der Waals surface area contributed by atoms with E-state index in [-0.39, 0.29) is 79.1 Å². The minimum absolute atomic E-state index is 0. The standard InChI is InChI=1S/C16H19N5OS.C10H17N3O.C6H3ClN2S.CH2O3.ClH.Na/c1-11-4-7-21(14(22)3-6-17)9-13(11)20(2)15-12-5-8-23-16(12)19-10-18-15;1-8-4-6-13(7-9(8)12-2)10(14)3-5-11;7-5-4-1-2-10-6(4)9-3-8-5;2-1-4-3;;/h5,8,10-11,13H,3-4,7,9H2,1-2H3;8-9,12H,3-4,6-7H2,1-2H3;1-3H;1,3H;1H;/q;;;;;+1/p-1/t11-,13+;8-,9+;;;;/m11..../s1. The van der Waals surface area contributed by atoms with Crippen molar-refractivity contribution in [3.8, 4) is 12.1 Å². The van der Waals surface area contributed by atoms with E-state index in [1.165, 1.54) is 6.33 Å². The van der Waals surface area contributed by atoms with E-state index >= 15 is 0 Å². The fraction of sp³-hybridized carbons (Fsp3) is 0.485. The summed E-state index contributed by atoms with van der Waals surface area (Å²) in [7, 11) is 3.94. The maximum absolute atomic E-state index is 12.0. The van der Waals surface area contributed by atoms with E-state index in [9.17, 15) is 9.59 Å². The van der Waals surface area contributed by atoms with Crippen molar-refractivity contribution < 1.29 is 54.1 Å². The average Bonchev–Trinajstić information content (AvgIpc) is 3.84. The molecule has 0 spiro atoms. The fourth-order valence-electron chi connectivity index (χ4n) is 5.79. The smallest absolute Gasteiger partial charge is 0.662 e. The Hall–Kier alpha value is -3.23. The van der Waals surface area contributed by atoms with Gasteiger partial charge in [-0.05, 0) is 54.6 Å². The number of aromatic nitrogens is 4. The molecule has 6 rings (SSSR count). The monoisotopic (exact) mass is 814 g/mol. The summed E-state index contributed by atoms with van der Waals surface area (Å²) in [5.74, 6) is 1.84. The third-order valence-corrected chi connectivity index (χ3v) is 10.7. The molecule has 2 aliphatic heterocycles. The predicted molar refractivity (Wildman–Crippen MR) is 200 cm³/mol. The molecule has 20 heteroatoms. The molecule has 0 bridgehead atoms. The molecule has 0 aromatic carbocycles. The van der Waals surface area contributed by atoms with Crippen molar-refractivity contribution in [1.82, 2.24) is 35.1 Å². The number of nitrogens with one attached hydrogen (secondary N) is 1. The van der Waals surface area contributed by atoms with Gasteiger partial charge in [0.2, 0.25) is 11.8 Å². The molecule has 1 N–H and O–H groups in total. The number of thiophene rings is 2. The summed E-state index contributed by atoms with van der Waals surface area (Å²) in [5.41, 5.74) is 0. The second-order valence-corrected chi connectivity index (χ2v) is 13.9. The van der Waals surface area contributed by atoms with Crippen LogP contribution in [-0.4, -0.2) is 100 Å². The van der Waals surface area contributed by atoms with E-state index in [0.29, 0.717) is 29.6 Å². The number of fused-ring (bicyclic) bond motifs is 2. The van der Waals surface area contributed by atoms with Crippen LogP contribution < -0.4 is 45.0 Å². The zero-order valence-corrected chi connectivity index (χ0v) is 35.4. The number of carbonyl (C=O) groups excluding carboxylic acids is 3. The Labute approximate surface area is 349 Å². The SMILES string of the molecule is CN[C@H]1CN(C(=O)CC#N)CC[C@H]1C.C[C@@H]1CCN(C(=O)CC#N)C[C@@H]1N(C)c1ncnc2sccc12.Cl.Clc1ncnc2sccc12.O=CO[O-].[Na+]. The van der Waals surface area contributed by atoms with Crippen molar-refractivity contribution in [1.29, 1.82) is 10.5 Å². The van der Waals surface area contributed by atoms with Crippen LogP contribution in [0.2, 0.25) is 5.15 Å². The van der Waals surface area contributed by atoms with Gasteiger partial charge in [0.1, 0.15) is 46.1 Å². The number of piperidine rings is 2. The number of carbonyl (C=O) groups is 3. The number of halogens is 2. The van der Waals surface area contributed by atoms with Crippen molar-refractivity contribution in [2.24, 2.45) is 11.8 Å². The average molecular weight is 816 g/mol. The van der Waals surface area contributed by atoms with Gasteiger partial charge in [0, 0.05) is 44.7 Å². The van der Waals surface area contributed by atoms with Gasteiger partial charge < -0.3 is 30.2 Å². The summed E-state index contributed by atoms with van der Waals surface area (Å²) < 4.78 is 0.